The van der Waals surface area contributed by atoms with Gasteiger partial charge in [0.05, 0.1) is 62.1 Å². The molecule has 20 rings (SSSR count). The molecule has 0 saturated heterocycles. The fourth-order valence-electron chi connectivity index (χ4n) is 17.7. The van der Waals surface area contributed by atoms with Gasteiger partial charge in [-0.25, -0.2) is 9.97 Å². The predicted molar refractivity (Wildman–Crippen MR) is 577 cm³/mol. The van der Waals surface area contributed by atoms with Crippen LogP contribution in [0.4, 0.5) is 0 Å². The first kappa shape index (κ1) is 118. The Kier molecular flexibility index (Phi) is 47.7. The van der Waals surface area contributed by atoms with Gasteiger partial charge in [0.1, 0.15) is 5.76 Å². The second-order valence-corrected chi connectivity index (χ2v) is 33.8. The number of carbonyl (C=O) groups excluding carboxylic acids is 4. The van der Waals surface area contributed by atoms with Crippen molar-refractivity contribution in [3.63, 3.8) is 0 Å². The van der Waals surface area contributed by atoms with E-state index in [-0.39, 0.29) is 147 Å². The summed E-state index contributed by atoms with van der Waals surface area (Å²) in [5.41, 5.74) is 34.2. The molecular formula is C125H117Ir4N9O7Pt-4. The molecule has 2 aliphatic heterocycles. The van der Waals surface area contributed by atoms with Gasteiger partial charge in [-0.1, -0.05) is 254 Å². The number of benzene rings is 10. The minimum atomic E-state index is -0.327. The van der Waals surface area contributed by atoms with Crippen molar-refractivity contribution in [3.05, 3.63) is 414 Å². The van der Waals surface area contributed by atoms with Gasteiger partial charge in [0, 0.05) is 129 Å². The second-order valence-electron chi connectivity index (χ2n) is 33.8. The zero-order valence-corrected chi connectivity index (χ0v) is 95.9. The largest absolute Gasteiger partial charge is 2.00 e. The van der Waals surface area contributed by atoms with Crippen LogP contribution < -0.4 is 9.97 Å². The van der Waals surface area contributed by atoms with Crippen molar-refractivity contribution in [1.82, 2.24) is 44.9 Å². The van der Waals surface area contributed by atoms with Gasteiger partial charge in [0.25, 0.3) is 0 Å². The van der Waals surface area contributed by atoms with E-state index >= 15 is 0 Å². The van der Waals surface area contributed by atoms with Crippen molar-refractivity contribution in [2.24, 2.45) is 0 Å². The van der Waals surface area contributed by atoms with Crippen LogP contribution in [-0.2, 0) is 146 Å². The van der Waals surface area contributed by atoms with Crippen LogP contribution in [0, 0.1) is 24.3 Å². The quantitative estimate of drug-likeness (QED) is 0.0252. The Morgan fingerprint density at radius 3 is 1.14 bits per heavy atom. The Hall–Kier alpha value is -13.0. The first-order valence-corrected chi connectivity index (χ1v) is 48.2. The molecule has 10 aromatic carbocycles. The van der Waals surface area contributed by atoms with E-state index in [1.165, 1.54) is 129 Å². The molecule has 21 heteroatoms. The third kappa shape index (κ3) is 30.6. The third-order valence-electron chi connectivity index (χ3n) is 24.0. The van der Waals surface area contributed by atoms with Crippen LogP contribution >= 0.6 is 0 Å². The number of ketones is 4. The van der Waals surface area contributed by atoms with Gasteiger partial charge in [0.15, 0.2) is 23.1 Å². The Morgan fingerprint density at radius 2 is 0.726 bits per heavy atom. The number of allylic oxidation sites excluding steroid dienone is 10. The number of hydrogen-bond donors (Lipinski definition) is 3. The maximum Gasteiger partial charge on any atom is 2.00 e. The topological polar surface area (TPSA) is 247 Å². The van der Waals surface area contributed by atoms with Crippen LogP contribution in [0.3, 0.4) is 0 Å². The first-order valence-electron chi connectivity index (χ1n) is 48.2. The molecule has 0 atom stereocenters. The summed E-state index contributed by atoms with van der Waals surface area (Å²) in [6.45, 7) is 24.9. The minimum Gasteiger partial charge on any atom is -0.657 e. The van der Waals surface area contributed by atoms with Crippen LogP contribution in [0.25, 0.3) is 155 Å². The van der Waals surface area contributed by atoms with Gasteiger partial charge < -0.3 is 35.3 Å². The van der Waals surface area contributed by atoms with E-state index in [2.05, 4.69) is 211 Å². The molecule has 1 aliphatic carbocycles. The average Bonchev–Trinajstić information content (AvgIpc) is 1.69. The van der Waals surface area contributed by atoms with Crippen molar-refractivity contribution >= 4 is 111 Å². The molecule has 3 aliphatic rings. The number of aliphatic hydroxyl groups excluding tert-OH is 3. The summed E-state index contributed by atoms with van der Waals surface area (Å²) >= 11 is 0. The Bertz CT molecular complexity index is 7250. The Balaban J connectivity index is 0.000000215. The molecule has 17 aromatic rings. The van der Waals surface area contributed by atoms with E-state index in [0.717, 1.165) is 169 Å². The van der Waals surface area contributed by atoms with Gasteiger partial charge in [-0.05, 0) is 195 Å². The number of para-hydroxylation sites is 3. The van der Waals surface area contributed by atoms with Crippen LogP contribution in [0.1, 0.15) is 180 Å². The number of nitrogens with zero attached hydrogens (tertiary/aromatic N) is 9. The van der Waals surface area contributed by atoms with E-state index in [0.29, 0.717) is 19.3 Å². The number of aryl methyl sites for hydroxylation is 4. The molecule has 0 unspecified atom stereocenters. The summed E-state index contributed by atoms with van der Waals surface area (Å²) in [7, 11) is 0. The molecule has 0 spiro atoms. The standard InChI is InChI=1S/C36H44N4.C20H13N2.C19H12N.C17H12N.C15H10N.C8H10O3.2C5H8O2.4Ir.Pt/c1-9-21-22(10-2)30-18-32-25(13-5)26(14-6)34(39-32)20-36-28(16-8)27(15-7)35(40-36)19-33-24(12-4)23(11-3)31(38-33)17-29(21)37-30;1-3-9-15(10-4-1)19-20(16-11-5-2-6-12-16)22-18-14-8-7-13-17(18)21-19;1-2-8-14(9-3-1)19-17-12-5-4-10-15(17)16-11-6-7-13-18(16)20-19;1-2-7-14(8-3-1)15-9-6-10-16(13-15)17-11-4-5-12-18-17;1-2-7-13(8-3-1)15-14-9-5-4-6-12(14)10-11-16-15;1-5(9)8-6(10)3-2-4-7(8)11;2*1-4(6)3-5(2)7;;;;;/h17-20H,9-16H2,1-8H3;1-11,13-14H;1-8,10-13H;1-9,11-13H;1-7,9-11H;10H,2-4H2,1H3;2*3,6H,1-2H3;;;;;/q-2;4*-1;;;;;;;;+2. The number of carbonyl (C=O) groups is 4. The smallest absolute Gasteiger partial charge is 0.657 e. The van der Waals surface area contributed by atoms with Crippen LogP contribution in [0.5, 0.6) is 0 Å². The summed E-state index contributed by atoms with van der Waals surface area (Å²) in [6, 6.07) is 113. The van der Waals surface area contributed by atoms with Gasteiger partial charge >= 0.3 is 21.1 Å². The molecule has 4 radical (unpaired) electrons. The molecule has 16 nitrogen and oxygen atoms in total. The Labute approximate surface area is 925 Å². The molecule has 146 heavy (non-hydrogen) atoms. The fraction of sp³-hybridized carbons (Fsp3) is 0.192. The van der Waals surface area contributed by atoms with Crippen molar-refractivity contribution in [2.75, 3.05) is 0 Å². The number of aromatic nitrogens is 9. The normalized spacial score (nSPS) is 11.8. The van der Waals surface area contributed by atoms with Crippen molar-refractivity contribution in [3.8, 4) is 67.4 Å². The first-order chi connectivity index (χ1) is 68.6. The SMILES string of the molecule is CC(=O)C1=C(O)CCCC1=O.CC(=O)C=C(C)O.CC(=O)C=C(C)O.CCC1=C(CC)c2cc3[n-]c(cc4nc(cc5[n-]c(cc1n2)c(CC)c5CC)C(CC)=C4CC)c(CC)c3CC.[Ir].[Ir].[Ir].[Ir].[Pt+2].[c-]1ccc(-c2ccccc2)cc1-c1ccccn1.[c-]1ccccc1-c1nc2ccccc2c2ccccc12.[c-]1ccccc1-c1nc2ccccc2nc1-c1ccccc1.[c-]1ccccc1-c1nccc2ccccc12. The van der Waals surface area contributed by atoms with E-state index in [4.69, 9.17) is 50.2 Å². The number of aliphatic hydroxyl groups is 3. The Morgan fingerprint density at radius 1 is 0.336 bits per heavy atom. The molecule has 0 saturated carbocycles. The molecular weight excluding hydrogens is 2700 g/mol. The number of Topliss-reactive ketones (excluding diaryl/α,β-unsaturated/α-hetero) is 2. The van der Waals surface area contributed by atoms with Crippen molar-refractivity contribution in [1.29, 1.82) is 0 Å². The van der Waals surface area contributed by atoms with Gasteiger partial charge in [-0.15, -0.1) is 165 Å². The van der Waals surface area contributed by atoms with Crippen LogP contribution in [-0.4, -0.2) is 73.3 Å². The predicted octanol–water partition coefficient (Wildman–Crippen LogP) is 30.0. The molecule has 7 aromatic heterocycles. The summed E-state index contributed by atoms with van der Waals surface area (Å²) < 4.78 is 0. The molecule has 0 fully saturated rings. The summed E-state index contributed by atoms with van der Waals surface area (Å²) in [5.74, 6) is -0.706. The number of fused-ring (bicyclic) bond motifs is 13. The molecule has 8 bridgehead atoms. The maximum absolute atomic E-state index is 11.0. The molecule has 754 valence electrons. The number of hydrogen-bond acceptors (Lipinski definition) is 14. The monoisotopic (exact) mass is 2820 g/mol. The molecule has 9 heterocycles. The molecule has 0 amide bonds. The zero-order chi connectivity index (χ0) is 99.9. The van der Waals surface area contributed by atoms with E-state index in [9.17, 15) is 19.2 Å². The minimum absolute atomic E-state index is 0. The number of rotatable bonds is 17. The van der Waals surface area contributed by atoms with E-state index in [1.807, 2.05) is 182 Å². The summed E-state index contributed by atoms with van der Waals surface area (Å²) in [6.07, 6.45) is 15.1. The van der Waals surface area contributed by atoms with Gasteiger partial charge in [0.2, 0.25) is 0 Å². The van der Waals surface area contributed by atoms with Crippen LogP contribution in [0.15, 0.2) is 345 Å². The third-order valence-corrected chi connectivity index (χ3v) is 24.0. The fourth-order valence-corrected chi connectivity index (χ4v) is 17.7. The summed E-state index contributed by atoms with van der Waals surface area (Å²) in [5, 5.41) is 31.9. The summed E-state index contributed by atoms with van der Waals surface area (Å²) in [4.78, 5) is 86.1. The maximum atomic E-state index is 11.0. The zero-order valence-electron chi connectivity index (χ0n) is 84.0. The second kappa shape index (κ2) is 58.9. The van der Waals surface area contributed by atoms with Crippen LogP contribution in [0.2, 0.25) is 0 Å². The number of pyridine rings is 3. The van der Waals surface area contributed by atoms with Crippen molar-refractivity contribution in [2.45, 2.75) is 161 Å². The van der Waals surface area contributed by atoms with E-state index < -0.39 is 0 Å². The van der Waals surface area contributed by atoms with Gasteiger partial charge in [-0.3, -0.25) is 34.1 Å². The van der Waals surface area contributed by atoms with Gasteiger partial charge in [-0.2, -0.15) is 0 Å². The average molecular weight is 2820 g/mol. The molecule has 3 N–H and O–H groups in total. The van der Waals surface area contributed by atoms with Crippen molar-refractivity contribution < 1.29 is 136 Å². The van der Waals surface area contributed by atoms with E-state index in [1.54, 1.807) is 6.20 Å².